The van der Waals surface area contributed by atoms with E-state index in [0.717, 1.165) is 23.5 Å². The summed E-state index contributed by atoms with van der Waals surface area (Å²) in [6.07, 6.45) is 7.58. The number of aryl methyl sites for hydroxylation is 1. The Balaban J connectivity index is 2.03. The van der Waals surface area contributed by atoms with Gasteiger partial charge in [-0.1, -0.05) is 36.8 Å². The molecule has 0 bridgehead atoms. The molecule has 1 atom stereocenters. The molecule has 0 fully saturated rings. The van der Waals surface area contributed by atoms with Gasteiger partial charge in [-0.15, -0.1) is 0 Å². The van der Waals surface area contributed by atoms with Gasteiger partial charge in [-0.2, -0.15) is 0 Å². The van der Waals surface area contributed by atoms with Gasteiger partial charge in [0.1, 0.15) is 0 Å². The number of carbonyl (C=O) groups is 1. The molecular formula is C21H21NO2. The van der Waals surface area contributed by atoms with Crippen molar-refractivity contribution in [1.82, 2.24) is 0 Å². The van der Waals surface area contributed by atoms with Crippen LogP contribution in [0.1, 0.15) is 29.3 Å². The van der Waals surface area contributed by atoms with Crippen molar-refractivity contribution in [3.63, 3.8) is 0 Å². The Hall–Kier alpha value is -2.81. The minimum Gasteiger partial charge on any atom is -0.478 e. The standard InChI is InChI=1S/C21H21NO2/c1-15-3-9-18(10-4-15)22(19-11-5-16(2)6-12-19)20-13-7-17(8-14-20)21(23)24/h3-5,7-14,16H,6H2,1-2H3,(H,23,24). The van der Waals surface area contributed by atoms with Gasteiger partial charge in [0, 0.05) is 17.1 Å². The molecule has 0 aromatic heterocycles. The Kier molecular flexibility index (Phi) is 4.52. The van der Waals surface area contributed by atoms with Crippen molar-refractivity contribution < 1.29 is 9.90 Å². The molecule has 0 saturated heterocycles. The minimum absolute atomic E-state index is 0.296. The maximum Gasteiger partial charge on any atom is 0.335 e. The van der Waals surface area contributed by atoms with Gasteiger partial charge in [-0.3, -0.25) is 0 Å². The predicted octanol–water partition coefficient (Wildman–Crippen LogP) is 5.31. The van der Waals surface area contributed by atoms with E-state index in [1.807, 2.05) is 12.1 Å². The van der Waals surface area contributed by atoms with Gasteiger partial charge in [-0.05, 0) is 61.7 Å². The molecule has 122 valence electrons. The number of allylic oxidation sites excluding steroid dienone is 3. The third-order valence-electron chi connectivity index (χ3n) is 4.22. The average Bonchev–Trinajstić information content (AvgIpc) is 2.59. The van der Waals surface area contributed by atoms with E-state index in [9.17, 15) is 4.79 Å². The normalized spacial score (nSPS) is 16.6. The molecule has 3 heteroatoms. The van der Waals surface area contributed by atoms with Crippen molar-refractivity contribution in [1.29, 1.82) is 0 Å². The number of aromatic carboxylic acids is 1. The van der Waals surface area contributed by atoms with E-state index in [2.05, 4.69) is 61.2 Å². The fourth-order valence-corrected chi connectivity index (χ4v) is 2.78. The first kappa shape index (κ1) is 16.1. The van der Waals surface area contributed by atoms with Crippen molar-refractivity contribution in [2.24, 2.45) is 5.92 Å². The van der Waals surface area contributed by atoms with Gasteiger partial charge >= 0.3 is 5.97 Å². The maximum absolute atomic E-state index is 11.1. The third-order valence-corrected chi connectivity index (χ3v) is 4.22. The van der Waals surface area contributed by atoms with Crippen LogP contribution in [0.15, 0.2) is 72.5 Å². The molecule has 0 spiro atoms. The van der Waals surface area contributed by atoms with Gasteiger partial charge in [-0.25, -0.2) is 4.79 Å². The molecule has 2 aromatic rings. The molecule has 1 aliphatic carbocycles. The zero-order valence-electron chi connectivity index (χ0n) is 13.9. The quantitative estimate of drug-likeness (QED) is 0.830. The number of carboxylic acids is 1. The minimum atomic E-state index is -0.908. The number of benzene rings is 2. The fraction of sp³-hybridized carbons (Fsp3) is 0.190. The van der Waals surface area contributed by atoms with E-state index in [1.54, 1.807) is 12.1 Å². The molecule has 0 radical (unpaired) electrons. The Labute approximate surface area is 142 Å². The van der Waals surface area contributed by atoms with Gasteiger partial charge in [0.2, 0.25) is 0 Å². The van der Waals surface area contributed by atoms with E-state index in [0.29, 0.717) is 11.5 Å². The summed E-state index contributed by atoms with van der Waals surface area (Å²) in [6.45, 7) is 4.26. The van der Waals surface area contributed by atoms with Crippen LogP contribution in [0.25, 0.3) is 0 Å². The summed E-state index contributed by atoms with van der Waals surface area (Å²) >= 11 is 0. The van der Waals surface area contributed by atoms with Crippen molar-refractivity contribution in [2.45, 2.75) is 20.3 Å². The van der Waals surface area contributed by atoms with Crippen LogP contribution >= 0.6 is 0 Å². The summed E-state index contributed by atoms with van der Waals surface area (Å²) in [5.41, 5.74) is 4.63. The smallest absolute Gasteiger partial charge is 0.335 e. The maximum atomic E-state index is 11.1. The highest BCUT2D eigenvalue weighted by Gasteiger charge is 2.16. The Morgan fingerprint density at radius 2 is 1.62 bits per heavy atom. The second-order valence-corrected chi connectivity index (χ2v) is 6.22. The second-order valence-electron chi connectivity index (χ2n) is 6.22. The Morgan fingerprint density at radius 1 is 1.04 bits per heavy atom. The first-order valence-corrected chi connectivity index (χ1v) is 8.13. The molecule has 2 aromatic carbocycles. The highest BCUT2D eigenvalue weighted by Crippen LogP contribution is 2.33. The summed E-state index contributed by atoms with van der Waals surface area (Å²) in [5.74, 6) is -0.364. The van der Waals surface area contributed by atoms with Crippen LogP contribution in [0, 0.1) is 12.8 Å². The van der Waals surface area contributed by atoms with Crippen LogP contribution in [-0.4, -0.2) is 11.1 Å². The topological polar surface area (TPSA) is 40.5 Å². The largest absolute Gasteiger partial charge is 0.478 e. The van der Waals surface area contributed by atoms with Crippen LogP contribution in [0.3, 0.4) is 0 Å². The lowest BCUT2D eigenvalue weighted by molar-refractivity contribution is 0.0697. The van der Waals surface area contributed by atoms with Gasteiger partial charge in [0.25, 0.3) is 0 Å². The highest BCUT2D eigenvalue weighted by molar-refractivity contribution is 5.88. The first-order chi connectivity index (χ1) is 11.5. The molecular weight excluding hydrogens is 298 g/mol. The molecule has 3 nitrogen and oxygen atoms in total. The highest BCUT2D eigenvalue weighted by atomic mass is 16.4. The molecule has 0 heterocycles. The zero-order chi connectivity index (χ0) is 17.1. The van der Waals surface area contributed by atoms with Crippen molar-refractivity contribution in [2.75, 3.05) is 4.90 Å². The van der Waals surface area contributed by atoms with Crippen LogP contribution < -0.4 is 4.90 Å². The van der Waals surface area contributed by atoms with Gasteiger partial charge < -0.3 is 10.0 Å². The summed E-state index contributed by atoms with van der Waals surface area (Å²) in [7, 11) is 0. The van der Waals surface area contributed by atoms with E-state index >= 15 is 0 Å². The molecule has 3 rings (SSSR count). The van der Waals surface area contributed by atoms with E-state index < -0.39 is 5.97 Å². The van der Waals surface area contributed by atoms with Crippen LogP contribution in [0.5, 0.6) is 0 Å². The molecule has 0 amide bonds. The van der Waals surface area contributed by atoms with E-state index in [-0.39, 0.29) is 0 Å². The average molecular weight is 319 g/mol. The van der Waals surface area contributed by atoms with Gasteiger partial charge in [0.05, 0.1) is 5.56 Å². The van der Waals surface area contributed by atoms with E-state index in [4.69, 9.17) is 5.11 Å². The molecule has 0 saturated carbocycles. The monoisotopic (exact) mass is 319 g/mol. The first-order valence-electron chi connectivity index (χ1n) is 8.13. The van der Waals surface area contributed by atoms with Crippen LogP contribution in [0.4, 0.5) is 11.4 Å². The summed E-state index contributed by atoms with van der Waals surface area (Å²) in [6, 6.07) is 15.4. The zero-order valence-corrected chi connectivity index (χ0v) is 13.9. The van der Waals surface area contributed by atoms with Crippen LogP contribution in [-0.2, 0) is 0 Å². The lowest BCUT2D eigenvalue weighted by atomic mass is 10.0. The summed E-state index contributed by atoms with van der Waals surface area (Å²) < 4.78 is 0. The third kappa shape index (κ3) is 3.40. The molecule has 1 N–H and O–H groups in total. The van der Waals surface area contributed by atoms with Crippen LogP contribution in [0.2, 0.25) is 0 Å². The second kappa shape index (κ2) is 6.75. The molecule has 0 aliphatic heterocycles. The molecule has 1 aliphatic rings. The Morgan fingerprint density at radius 3 is 2.12 bits per heavy atom. The lowest BCUT2D eigenvalue weighted by Crippen LogP contribution is -2.17. The summed E-state index contributed by atoms with van der Waals surface area (Å²) in [4.78, 5) is 13.3. The lowest BCUT2D eigenvalue weighted by Gasteiger charge is -2.28. The number of rotatable bonds is 4. The summed E-state index contributed by atoms with van der Waals surface area (Å²) in [5, 5.41) is 9.10. The SMILES string of the molecule is Cc1ccc(N(C2=CCC(C)C=C2)c2ccc(C(=O)O)cc2)cc1. The molecule has 1 unspecified atom stereocenters. The Bertz CT molecular complexity index is 786. The number of anilines is 2. The van der Waals surface area contributed by atoms with Gasteiger partial charge in [0.15, 0.2) is 0 Å². The number of nitrogens with zero attached hydrogens (tertiary/aromatic N) is 1. The number of hydrogen-bond acceptors (Lipinski definition) is 2. The van der Waals surface area contributed by atoms with Crippen molar-refractivity contribution >= 4 is 17.3 Å². The van der Waals surface area contributed by atoms with E-state index in [1.165, 1.54) is 5.56 Å². The molecule has 24 heavy (non-hydrogen) atoms. The number of hydrogen-bond donors (Lipinski definition) is 1. The predicted molar refractivity (Wildman–Crippen MR) is 97.7 cm³/mol. The van der Waals surface area contributed by atoms with Crippen molar-refractivity contribution in [3.05, 3.63) is 83.6 Å². The number of carboxylic acid groups (broad SMARTS) is 1. The fourth-order valence-electron chi connectivity index (χ4n) is 2.78. The van der Waals surface area contributed by atoms with Crippen molar-refractivity contribution in [3.8, 4) is 0 Å².